The Kier molecular flexibility index (Phi) is 3.46. The molecule has 6 nitrogen and oxygen atoms in total. The molecule has 2 aliphatic carbocycles. The zero-order chi connectivity index (χ0) is 15.1. The summed E-state index contributed by atoms with van der Waals surface area (Å²) in [5.41, 5.74) is 0.733. The highest BCUT2D eigenvalue weighted by atomic mass is 32.1. The molecule has 2 aromatic rings. The van der Waals surface area contributed by atoms with Crippen LogP contribution in [0, 0.1) is 0 Å². The third kappa shape index (κ3) is 2.44. The Labute approximate surface area is 132 Å². The molecule has 0 radical (unpaired) electrons. The average molecular weight is 318 g/mol. The predicted octanol–water partition coefficient (Wildman–Crippen LogP) is 1.84. The zero-order valence-corrected chi connectivity index (χ0v) is 12.9. The summed E-state index contributed by atoms with van der Waals surface area (Å²) in [7, 11) is 0. The van der Waals surface area contributed by atoms with Crippen molar-refractivity contribution < 1.29 is 9.90 Å². The number of amides is 1. The molecular formula is C15H18N4O2S. The number of nitrogens with zero attached hydrogens (tertiary/aromatic N) is 3. The maximum atomic E-state index is 12.0. The van der Waals surface area contributed by atoms with Gasteiger partial charge < -0.3 is 15.0 Å². The van der Waals surface area contributed by atoms with Crippen molar-refractivity contribution in [3.8, 4) is 0 Å². The Morgan fingerprint density at radius 1 is 1.41 bits per heavy atom. The third-order valence-corrected chi connectivity index (χ3v) is 5.15. The van der Waals surface area contributed by atoms with Gasteiger partial charge in [0, 0.05) is 28.9 Å². The van der Waals surface area contributed by atoms with Gasteiger partial charge in [-0.3, -0.25) is 4.79 Å². The number of carbonyl (C=O) groups excluding carboxylic acids is 1. The summed E-state index contributed by atoms with van der Waals surface area (Å²) >= 11 is 1.53. The second-order valence-electron chi connectivity index (χ2n) is 6.08. The summed E-state index contributed by atoms with van der Waals surface area (Å²) in [6, 6.07) is 2.51. The van der Waals surface area contributed by atoms with Crippen molar-refractivity contribution in [3.05, 3.63) is 34.0 Å². The van der Waals surface area contributed by atoms with Crippen molar-refractivity contribution >= 4 is 17.2 Å². The van der Waals surface area contributed by atoms with Gasteiger partial charge in [0.15, 0.2) is 5.82 Å². The molecule has 4 rings (SSSR count). The third-order valence-electron chi connectivity index (χ3n) is 4.47. The van der Waals surface area contributed by atoms with E-state index in [0.717, 1.165) is 37.1 Å². The highest BCUT2D eigenvalue weighted by molar-refractivity contribution is 7.08. The van der Waals surface area contributed by atoms with Gasteiger partial charge in [0.05, 0.1) is 0 Å². The maximum absolute atomic E-state index is 12.0. The molecule has 1 amide bonds. The van der Waals surface area contributed by atoms with Gasteiger partial charge in [0.25, 0.3) is 5.91 Å². The SMILES string of the molecule is O=C(NC1CC(c2nnc(CO)n2C2CC2)C1)c1ccsc1. The summed E-state index contributed by atoms with van der Waals surface area (Å²) < 4.78 is 2.11. The molecule has 0 unspecified atom stereocenters. The second-order valence-corrected chi connectivity index (χ2v) is 6.86. The smallest absolute Gasteiger partial charge is 0.252 e. The molecule has 2 heterocycles. The Bertz CT molecular complexity index is 672. The highest BCUT2D eigenvalue weighted by Crippen LogP contribution is 2.42. The minimum absolute atomic E-state index is 0.00408. The van der Waals surface area contributed by atoms with Crippen LogP contribution in [0.15, 0.2) is 16.8 Å². The quantitative estimate of drug-likeness (QED) is 0.881. The van der Waals surface area contributed by atoms with Crippen LogP contribution in [0.4, 0.5) is 0 Å². The van der Waals surface area contributed by atoms with E-state index in [2.05, 4.69) is 20.1 Å². The number of nitrogens with one attached hydrogen (secondary N) is 1. The maximum Gasteiger partial charge on any atom is 0.252 e. The van der Waals surface area contributed by atoms with Crippen LogP contribution in [-0.2, 0) is 6.61 Å². The van der Waals surface area contributed by atoms with Crippen molar-refractivity contribution in [2.75, 3.05) is 0 Å². The van der Waals surface area contributed by atoms with Crippen LogP contribution in [0.2, 0.25) is 0 Å². The molecule has 7 heteroatoms. The fraction of sp³-hybridized carbons (Fsp3) is 0.533. The molecule has 0 bridgehead atoms. The minimum Gasteiger partial charge on any atom is -0.388 e. The molecule has 2 N–H and O–H groups in total. The Hall–Kier alpha value is -1.73. The van der Waals surface area contributed by atoms with Gasteiger partial charge in [-0.2, -0.15) is 11.3 Å². The van der Waals surface area contributed by atoms with Gasteiger partial charge in [-0.25, -0.2) is 0 Å². The van der Waals surface area contributed by atoms with Crippen molar-refractivity contribution in [3.63, 3.8) is 0 Å². The lowest BCUT2D eigenvalue weighted by molar-refractivity contribution is 0.0907. The lowest BCUT2D eigenvalue weighted by Crippen LogP contribution is -2.44. The molecule has 0 aliphatic heterocycles. The van der Waals surface area contributed by atoms with Crippen LogP contribution in [0.25, 0.3) is 0 Å². The van der Waals surface area contributed by atoms with E-state index in [1.165, 1.54) is 11.3 Å². The van der Waals surface area contributed by atoms with Crippen molar-refractivity contribution in [2.24, 2.45) is 0 Å². The van der Waals surface area contributed by atoms with Crippen LogP contribution >= 0.6 is 11.3 Å². The van der Waals surface area contributed by atoms with Gasteiger partial charge in [-0.1, -0.05) is 0 Å². The van der Waals surface area contributed by atoms with Gasteiger partial charge >= 0.3 is 0 Å². The van der Waals surface area contributed by atoms with Crippen LogP contribution in [0.3, 0.4) is 0 Å². The lowest BCUT2D eigenvalue weighted by Gasteiger charge is -2.35. The van der Waals surface area contributed by atoms with E-state index < -0.39 is 0 Å². The Morgan fingerprint density at radius 2 is 2.23 bits per heavy atom. The van der Waals surface area contributed by atoms with E-state index in [1.807, 2.05) is 16.8 Å². The van der Waals surface area contributed by atoms with Crippen LogP contribution < -0.4 is 5.32 Å². The van der Waals surface area contributed by atoms with Crippen LogP contribution in [0.1, 0.15) is 59.6 Å². The molecule has 2 aromatic heterocycles. The predicted molar refractivity (Wildman–Crippen MR) is 81.8 cm³/mol. The van der Waals surface area contributed by atoms with Crippen molar-refractivity contribution in [2.45, 2.75) is 50.3 Å². The van der Waals surface area contributed by atoms with Crippen LogP contribution in [0.5, 0.6) is 0 Å². The largest absolute Gasteiger partial charge is 0.388 e. The summed E-state index contributed by atoms with van der Waals surface area (Å²) in [6.45, 7) is -0.0610. The molecule has 0 atom stereocenters. The zero-order valence-electron chi connectivity index (χ0n) is 12.1. The number of hydrogen-bond acceptors (Lipinski definition) is 5. The van der Waals surface area contributed by atoms with E-state index in [9.17, 15) is 9.90 Å². The Balaban J connectivity index is 1.39. The molecule has 0 aromatic carbocycles. The fourth-order valence-corrected chi connectivity index (χ4v) is 3.70. The summed E-state index contributed by atoms with van der Waals surface area (Å²) in [5, 5.41) is 24.6. The molecule has 116 valence electrons. The minimum atomic E-state index is -0.0610. The molecule has 2 aliphatic rings. The summed E-state index contributed by atoms with van der Waals surface area (Å²) in [5.74, 6) is 1.99. The van der Waals surface area contributed by atoms with E-state index in [4.69, 9.17) is 0 Å². The topological polar surface area (TPSA) is 80.0 Å². The standard InChI is InChI=1S/C15H18N4O2S/c20-7-13-17-18-14(19(13)12-1-2-12)10-5-11(6-10)16-15(21)9-3-4-22-8-9/h3-4,8,10-12,20H,1-2,5-7H2,(H,16,21). The summed E-state index contributed by atoms with van der Waals surface area (Å²) in [6.07, 6.45) is 4.07. The van der Waals surface area contributed by atoms with Crippen molar-refractivity contribution in [1.29, 1.82) is 0 Å². The van der Waals surface area contributed by atoms with E-state index in [1.54, 1.807) is 0 Å². The number of aromatic nitrogens is 3. The lowest BCUT2D eigenvalue weighted by atomic mass is 9.79. The molecule has 2 fully saturated rings. The number of thiophene rings is 1. The highest BCUT2D eigenvalue weighted by Gasteiger charge is 2.38. The summed E-state index contributed by atoms with van der Waals surface area (Å²) in [4.78, 5) is 12.0. The fourth-order valence-electron chi connectivity index (χ4n) is 3.06. The molecular weight excluding hydrogens is 300 g/mol. The van der Waals surface area contributed by atoms with Gasteiger partial charge in [0.1, 0.15) is 12.4 Å². The van der Waals surface area contributed by atoms with Gasteiger partial charge in [-0.15, -0.1) is 10.2 Å². The number of carbonyl (C=O) groups is 1. The number of aliphatic hydroxyl groups excluding tert-OH is 1. The van der Waals surface area contributed by atoms with E-state index in [-0.39, 0.29) is 18.6 Å². The van der Waals surface area contributed by atoms with E-state index in [0.29, 0.717) is 17.8 Å². The average Bonchev–Trinajstić information content (AvgIpc) is 3.02. The normalized spacial score (nSPS) is 24.0. The van der Waals surface area contributed by atoms with Crippen LogP contribution in [-0.4, -0.2) is 31.8 Å². The first-order valence-electron chi connectivity index (χ1n) is 7.64. The van der Waals surface area contributed by atoms with E-state index >= 15 is 0 Å². The number of aliphatic hydroxyl groups is 1. The monoisotopic (exact) mass is 318 g/mol. The first-order valence-corrected chi connectivity index (χ1v) is 8.58. The molecule has 0 spiro atoms. The molecule has 2 saturated carbocycles. The first-order chi connectivity index (χ1) is 10.8. The van der Waals surface area contributed by atoms with Gasteiger partial charge in [-0.05, 0) is 37.1 Å². The second kappa shape index (κ2) is 5.48. The van der Waals surface area contributed by atoms with Crippen molar-refractivity contribution in [1.82, 2.24) is 20.1 Å². The molecule has 22 heavy (non-hydrogen) atoms. The first kappa shape index (κ1) is 13.9. The number of rotatable bonds is 5. The van der Waals surface area contributed by atoms with Gasteiger partial charge in [0.2, 0.25) is 0 Å². The number of hydrogen-bond donors (Lipinski definition) is 2. The Morgan fingerprint density at radius 3 is 2.86 bits per heavy atom. The molecule has 0 saturated heterocycles.